The molecule has 0 aliphatic rings. The Kier molecular flexibility index (Phi) is 5.80. The smallest absolute Gasteiger partial charge is 0.130 e. The normalized spacial score (nSPS) is 10.9. The summed E-state index contributed by atoms with van der Waals surface area (Å²) in [5.74, 6) is 0.865. The second-order valence-corrected chi connectivity index (χ2v) is 5.96. The number of benzene rings is 2. The molecule has 3 nitrogen and oxygen atoms in total. The maximum absolute atomic E-state index is 8.79. The molecule has 0 aliphatic heterocycles. The van der Waals surface area contributed by atoms with E-state index in [9.17, 15) is 0 Å². The quantitative estimate of drug-likeness (QED) is 0.620. The zero-order chi connectivity index (χ0) is 16.6. The van der Waals surface area contributed by atoms with E-state index >= 15 is 0 Å². The zero-order valence-corrected chi connectivity index (χ0v) is 13.8. The Balaban J connectivity index is 1.53. The second kappa shape index (κ2) is 8.46. The van der Waals surface area contributed by atoms with E-state index in [1.807, 2.05) is 36.4 Å². The van der Waals surface area contributed by atoms with Crippen molar-refractivity contribution in [3.8, 4) is 5.75 Å². The highest BCUT2D eigenvalue weighted by Gasteiger charge is 2.01. The highest BCUT2D eigenvalue weighted by atomic mass is 16.5. The van der Waals surface area contributed by atoms with Gasteiger partial charge in [-0.25, -0.2) is 4.98 Å². The molecule has 3 rings (SSSR count). The highest BCUT2D eigenvalue weighted by molar-refractivity contribution is 5.78. The summed E-state index contributed by atoms with van der Waals surface area (Å²) in [6.45, 7) is 0.760. The second-order valence-electron chi connectivity index (χ2n) is 5.96. The van der Waals surface area contributed by atoms with Gasteiger partial charge in [-0.05, 0) is 49.1 Å². The van der Waals surface area contributed by atoms with Gasteiger partial charge in [0, 0.05) is 12.0 Å². The molecule has 0 saturated carbocycles. The molecule has 2 aromatic carbocycles. The van der Waals surface area contributed by atoms with E-state index < -0.39 is 0 Å². The number of aromatic nitrogens is 1. The summed E-state index contributed by atoms with van der Waals surface area (Å²) in [5.41, 5.74) is 3.24. The van der Waals surface area contributed by atoms with Crippen LogP contribution in [0.15, 0.2) is 60.7 Å². The standard InChI is InChI=1S/C21H23NO2/c23-15-5-1-2-6-17-9-13-20(14-10-17)24-16-19-12-11-18-7-3-4-8-21(18)22-19/h3-4,7-14,23H,1-2,5-6,15-16H2. The molecule has 0 fully saturated rings. The van der Waals surface area contributed by atoms with Crippen LogP contribution in [-0.4, -0.2) is 16.7 Å². The van der Waals surface area contributed by atoms with E-state index in [0.717, 1.165) is 48.0 Å². The number of hydrogen-bond acceptors (Lipinski definition) is 3. The van der Waals surface area contributed by atoms with Crippen molar-refractivity contribution in [2.75, 3.05) is 6.61 Å². The van der Waals surface area contributed by atoms with Gasteiger partial charge in [0.2, 0.25) is 0 Å². The molecule has 1 aromatic heterocycles. The van der Waals surface area contributed by atoms with Gasteiger partial charge in [0.1, 0.15) is 12.4 Å². The molecule has 0 amide bonds. The lowest BCUT2D eigenvalue weighted by atomic mass is 10.1. The van der Waals surface area contributed by atoms with Gasteiger partial charge in [-0.2, -0.15) is 0 Å². The molecule has 0 aliphatic carbocycles. The van der Waals surface area contributed by atoms with Crippen molar-refractivity contribution in [2.24, 2.45) is 0 Å². The third kappa shape index (κ3) is 4.56. The first-order chi connectivity index (χ1) is 11.8. The molecule has 24 heavy (non-hydrogen) atoms. The Hall–Kier alpha value is -2.39. The number of aryl methyl sites for hydroxylation is 1. The first-order valence-corrected chi connectivity index (χ1v) is 8.52. The van der Waals surface area contributed by atoms with E-state index in [2.05, 4.69) is 29.2 Å². The number of aliphatic hydroxyl groups excluding tert-OH is 1. The molecule has 3 aromatic rings. The van der Waals surface area contributed by atoms with E-state index in [1.54, 1.807) is 0 Å². The van der Waals surface area contributed by atoms with Crippen molar-refractivity contribution in [1.82, 2.24) is 4.98 Å². The molecule has 0 atom stereocenters. The van der Waals surface area contributed by atoms with Crippen molar-refractivity contribution in [1.29, 1.82) is 0 Å². The van der Waals surface area contributed by atoms with Crippen LogP contribution < -0.4 is 4.74 Å². The Morgan fingerprint density at radius 1 is 0.833 bits per heavy atom. The Labute approximate surface area is 142 Å². The molecule has 0 radical (unpaired) electrons. The molecule has 0 spiro atoms. The highest BCUT2D eigenvalue weighted by Crippen LogP contribution is 2.17. The number of ether oxygens (including phenoxy) is 1. The predicted molar refractivity (Wildman–Crippen MR) is 97.2 cm³/mol. The summed E-state index contributed by atoms with van der Waals surface area (Å²) in [6.07, 6.45) is 4.12. The predicted octanol–water partition coefficient (Wildman–Crippen LogP) is 4.52. The van der Waals surface area contributed by atoms with E-state index in [-0.39, 0.29) is 6.61 Å². The van der Waals surface area contributed by atoms with Crippen LogP contribution in [-0.2, 0) is 13.0 Å². The number of hydrogen-bond donors (Lipinski definition) is 1. The van der Waals surface area contributed by atoms with Gasteiger partial charge in [0.15, 0.2) is 0 Å². The lowest BCUT2D eigenvalue weighted by Gasteiger charge is -2.08. The summed E-state index contributed by atoms with van der Waals surface area (Å²) in [7, 11) is 0. The third-order valence-corrected chi connectivity index (χ3v) is 4.09. The summed E-state index contributed by atoms with van der Waals surface area (Å²) in [5, 5.41) is 9.93. The Morgan fingerprint density at radius 2 is 1.67 bits per heavy atom. The lowest BCUT2D eigenvalue weighted by molar-refractivity contribution is 0.283. The Morgan fingerprint density at radius 3 is 2.50 bits per heavy atom. The summed E-state index contributed by atoms with van der Waals surface area (Å²) < 4.78 is 5.84. The van der Waals surface area contributed by atoms with Crippen LogP contribution >= 0.6 is 0 Å². The zero-order valence-electron chi connectivity index (χ0n) is 13.8. The van der Waals surface area contributed by atoms with Crippen LogP contribution in [0.4, 0.5) is 0 Å². The topological polar surface area (TPSA) is 42.4 Å². The first kappa shape index (κ1) is 16.5. The van der Waals surface area contributed by atoms with Gasteiger partial charge in [0.05, 0.1) is 11.2 Å². The number of aliphatic hydroxyl groups is 1. The van der Waals surface area contributed by atoms with Crippen LogP contribution in [0.5, 0.6) is 5.75 Å². The van der Waals surface area contributed by atoms with E-state index in [4.69, 9.17) is 9.84 Å². The van der Waals surface area contributed by atoms with Crippen molar-refractivity contribution in [2.45, 2.75) is 32.3 Å². The molecule has 124 valence electrons. The van der Waals surface area contributed by atoms with Crippen LogP contribution in [0, 0.1) is 0 Å². The number of rotatable bonds is 8. The maximum atomic E-state index is 8.79. The average Bonchev–Trinajstić information content (AvgIpc) is 2.64. The van der Waals surface area contributed by atoms with E-state index in [0.29, 0.717) is 6.61 Å². The molecular formula is C21H23NO2. The summed E-state index contributed by atoms with van der Waals surface area (Å²) in [4.78, 5) is 4.62. The van der Waals surface area contributed by atoms with Crippen LogP contribution in [0.2, 0.25) is 0 Å². The molecule has 1 N–H and O–H groups in total. The number of fused-ring (bicyclic) bond motifs is 1. The van der Waals surface area contributed by atoms with Crippen LogP contribution in [0.25, 0.3) is 10.9 Å². The first-order valence-electron chi connectivity index (χ1n) is 8.52. The van der Waals surface area contributed by atoms with Crippen LogP contribution in [0.3, 0.4) is 0 Å². The number of para-hydroxylation sites is 1. The molecule has 1 heterocycles. The SMILES string of the molecule is OCCCCCc1ccc(OCc2ccc3ccccc3n2)cc1. The molecule has 0 unspecified atom stereocenters. The van der Waals surface area contributed by atoms with Crippen molar-refractivity contribution in [3.63, 3.8) is 0 Å². The third-order valence-electron chi connectivity index (χ3n) is 4.09. The fraction of sp³-hybridized carbons (Fsp3) is 0.286. The average molecular weight is 321 g/mol. The van der Waals surface area contributed by atoms with Crippen molar-refractivity contribution in [3.05, 3.63) is 71.9 Å². The van der Waals surface area contributed by atoms with Gasteiger partial charge >= 0.3 is 0 Å². The minimum atomic E-state index is 0.287. The van der Waals surface area contributed by atoms with Gasteiger partial charge in [-0.1, -0.05) is 42.8 Å². The van der Waals surface area contributed by atoms with Gasteiger partial charge in [-0.3, -0.25) is 0 Å². The fourth-order valence-corrected chi connectivity index (χ4v) is 2.72. The number of pyridine rings is 1. The molecular weight excluding hydrogens is 298 g/mol. The Bertz CT molecular complexity index is 768. The fourth-order valence-electron chi connectivity index (χ4n) is 2.72. The van der Waals surface area contributed by atoms with Crippen molar-refractivity contribution < 1.29 is 9.84 Å². The molecule has 3 heteroatoms. The summed E-state index contributed by atoms with van der Waals surface area (Å²) >= 11 is 0. The number of unbranched alkanes of at least 4 members (excludes halogenated alkanes) is 2. The number of nitrogens with zero attached hydrogens (tertiary/aromatic N) is 1. The van der Waals surface area contributed by atoms with Crippen LogP contribution in [0.1, 0.15) is 30.5 Å². The molecule has 0 bridgehead atoms. The summed E-state index contributed by atoms with van der Waals surface area (Å²) in [6, 6.07) is 20.4. The molecule has 0 saturated heterocycles. The maximum Gasteiger partial charge on any atom is 0.130 e. The van der Waals surface area contributed by atoms with Gasteiger partial charge < -0.3 is 9.84 Å². The lowest BCUT2D eigenvalue weighted by Crippen LogP contribution is -1.98. The van der Waals surface area contributed by atoms with Gasteiger partial charge in [-0.15, -0.1) is 0 Å². The monoisotopic (exact) mass is 321 g/mol. The largest absolute Gasteiger partial charge is 0.487 e. The minimum Gasteiger partial charge on any atom is -0.487 e. The van der Waals surface area contributed by atoms with E-state index in [1.165, 1.54) is 5.56 Å². The van der Waals surface area contributed by atoms with Crippen molar-refractivity contribution >= 4 is 10.9 Å². The minimum absolute atomic E-state index is 0.287. The van der Waals surface area contributed by atoms with Gasteiger partial charge in [0.25, 0.3) is 0 Å².